The SMILES string of the molecule is CCOC(=O)c1cnn(-c2ccc(C(=O)N(CC)c3ccc(F)cc3)cc2)c1C. The van der Waals surface area contributed by atoms with Crippen molar-refractivity contribution in [3.63, 3.8) is 0 Å². The Labute approximate surface area is 168 Å². The van der Waals surface area contributed by atoms with E-state index in [0.29, 0.717) is 35.7 Å². The summed E-state index contributed by atoms with van der Waals surface area (Å²) < 4.78 is 19.8. The highest BCUT2D eigenvalue weighted by atomic mass is 19.1. The first-order chi connectivity index (χ1) is 14.0. The van der Waals surface area contributed by atoms with E-state index < -0.39 is 5.97 Å². The van der Waals surface area contributed by atoms with Crippen LogP contribution in [-0.4, -0.2) is 34.8 Å². The molecule has 3 rings (SSSR count). The molecule has 0 aliphatic rings. The van der Waals surface area contributed by atoms with Gasteiger partial charge in [-0.3, -0.25) is 4.79 Å². The summed E-state index contributed by atoms with van der Waals surface area (Å²) in [6.45, 7) is 6.14. The number of anilines is 1. The lowest BCUT2D eigenvalue weighted by molar-refractivity contribution is 0.0525. The van der Waals surface area contributed by atoms with Crippen LogP contribution in [0.15, 0.2) is 54.7 Å². The summed E-state index contributed by atoms with van der Waals surface area (Å²) in [6.07, 6.45) is 1.47. The Morgan fingerprint density at radius 3 is 2.31 bits per heavy atom. The third-order valence-electron chi connectivity index (χ3n) is 4.56. The molecule has 6 nitrogen and oxygen atoms in total. The summed E-state index contributed by atoms with van der Waals surface area (Å²) in [5.74, 6) is -0.950. The third kappa shape index (κ3) is 4.18. The van der Waals surface area contributed by atoms with Gasteiger partial charge in [0.2, 0.25) is 0 Å². The van der Waals surface area contributed by atoms with E-state index in [0.717, 1.165) is 5.69 Å². The Hall–Kier alpha value is -3.48. The number of nitrogens with zero attached hydrogens (tertiary/aromatic N) is 3. The topological polar surface area (TPSA) is 64.4 Å². The maximum atomic E-state index is 13.2. The van der Waals surface area contributed by atoms with Gasteiger partial charge in [-0.1, -0.05) is 0 Å². The number of rotatable bonds is 6. The number of hydrogen-bond acceptors (Lipinski definition) is 4. The molecule has 0 unspecified atom stereocenters. The summed E-state index contributed by atoms with van der Waals surface area (Å²) in [5.41, 5.74) is 2.91. The van der Waals surface area contributed by atoms with Gasteiger partial charge in [-0.25, -0.2) is 13.9 Å². The average Bonchev–Trinajstić information content (AvgIpc) is 3.11. The first-order valence-corrected chi connectivity index (χ1v) is 9.35. The number of esters is 1. The largest absolute Gasteiger partial charge is 0.462 e. The van der Waals surface area contributed by atoms with E-state index in [2.05, 4.69) is 5.10 Å². The molecular weight excluding hydrogens is 373 g/mol. The quantitative estimate of drug-likeness (QED) is 0.588. The number of benzene rings is 2. The van der Waals surface area contributed by atoms with Gasteiger partial charge in [0.25, 0.3) is 5.91 Å². The second-order valence-electron chi connectivity index (χ2n) is 6.35. The third-order valence-corrected chi connectivity index (χ3v) is 4.56. The van der Waals surface area contributed by atoms with Gasteiger partial charge in [0.1, 0.15) is 11.4 Å². The van der Waals surface area contributed by atoms with Crippen LogP contribution in [0.1, 0.15) is 40.3 Å². The van der Waals surface area contributed by atoms with Crippen LogP contribution >= 0.6 is 0 Å². The van der Waals surface area contributed by atoms with Crippen molar-refractivity contribution in [1.82, 2.24) is 9.78 Å². The van der Waals surface area contributed by atoms with Crippen LogP contribution in [0.25, 0.3) is 5.69 Å². The summed E-state index contributed by atoms with van der Waals surface area (Å²) in [4.78, 5) is 26.4. The number of ether oxygens (including phenoxy) is 1. The van der Waals surface area contributed by atoms with Crippen molar-refractivity contribution in [2.75, 3.05) is 18.1 Å². The van der Waals surface area contributed by atoms with Gasteiger partial charge in [-0.2, -0.15) is 5.10 Å². The number of carbonyl (C=O) groups excluding carboxylic acids is 2. The van der Waals surface area contributed by atoms with Crippen LogP contribution in [-0.2, 0) is 4.74 Å². The van der Waals surface area contributed by atoms with Crippen LogP contribution in [0.2, 0.25) is 0 Å². The molecule has 1 amide bonds. The highest BCUT2D eigenvalue weighted by Gasteiger charge is 2.18. The van der Waals surface area contributed by atoms with Crippen LogP contribution in [0, 0.1) is 12.7 Å². The maximum absolute atomic E-state index is 13.2. The molecule has 1 heterocycles. The van der Waals surface area contributed by atoms with E-state index >= 15 is 0 Å². The standard InChI is InChI=1S/C22H22FN3O3/c1-4-25(18-12-8-17(23)9-13-18)21(27)16-6-10-19(11-7-16)26-15(3)20(14-24-26)22(28)29-5-2/h6-14H,4-5H2,1-3H3. The van der Waals surface area contributed by atoms with E-state index in [-0.39, 0.29) is 11.7 Å². The monoisotopic (exact) mass is 395 g/mol. The lowest BCUT2D eigenvalue weighted by atomic mass is 10.1. The molecule has 1 aromatic heterocycles. The maximum Gasteiger partial charge on any atom is 0.341 e. The Balaban J connectivity index is 1.84. The minimum atomic E-state index is -0.416. The van der Waals surface area contributed by atoms with Gasteiger partial charge < -0.3 is 9.64 Å². The molecule has 7 heteroatoms. The lowest BCUT2D eigenvalue weighted by Crippen LogP contribution is -2.30. The molecule has 0 atom stereocenters. The van der Waals surface area contributed by atoms with Gasteiger partial charge in [0, 0.05) is 17.8 Å². The van der Waals surface area contributed by atoms with Crippen molar-refractivity contribution in [2.45, 2.75) is 20.8 Å². The van der Waals surface area contributed by atoms with Gasteiger partial charge in [0.15, 0.2) is 0 Å². The zero-order valence-corrected chi connectivity index (χ0v) is 16.6. The molecule has 29 heavy (non-hydrogen) atoms. The normalized spacial score (nSPS) is 10.6. The van der Waals surface area contributed by atoms with Gasteiger partial charge >= 0.3 is 5.97 Å². The second kappa shape index (κ2) is 8.68. The highest BCUT2D eigenvalue weighted by Crippen LogP contribution is 2.20. The molecule has 0 bridgehead atoms. The Morgan fingerprint density at radius 1 is 1.07 bits per heavy atom. The fraction of sp³-hybridized carbons (Fsp3) is 0.227. The van der Waals surface area contributed by atoms with Crippen LogP contribution in [0.4, 0.5) is 10.1 Å². The van der Waals surface area contributed by atoms with Crippen LogP contribution in [0.3, 0.4) is 0 Å². The summed E-state index contributed by atoms with van der Waals surface area (Å²) in [7, 11) is 0. The Bertz CT molecular complexity index is 1010. The van der Waals surface area contributed by atoms with E-state index in [1.54, 1.807) is 59.8 Å². The summed E-state index contributed by atoms with van der Waals surface area (Å²) in [5, 5.41) is 4.26. The fourth-order valence-corrected chi connectivity index (χ4v) is 3.04. The number of carbonyl (C=O) groups is 2. The predicted octanol–water partition coefficient (Wildman–Crippen LogP) is 4.16. The number of aromatic nitrogens is 2. The molecule has 3 aromatic rings. The first kappa shape index (κ1) is 20.3. The molecule has 0 spiro atoms. The lowest BCUT2D eigenvalue weighted by Gasteiger charge is -2.21. The summed E-state index contributed by atoms with van der Waals surface area (Å²) in [6, 6.07) is 12.8. The smallest absolute Gasteiger partial charge is 0.341 e. The van der Waals surface area contributed by atoms with Gasteiger partial charge in [0.05, 0.1) is 24.2 Å². The molecule has 0 saturated heterocycles. The molecule has 2 aromatic carbocycles. The van der Waals surface area contributed by atoms with Gasteiger partial charge in [-0.15, -0.1) is 0 Å². The molecule has 150 valence electrons. The number of amides is 1. The minimum Gasteiger partial charge on any atom is -0.462 e. The van der Waals surface area contributed by atoms with Crippen molar-refractivity contribution in [3.8, 4) is 5.69 Å². The van der Waals surface area contributed by atoms with Crippen molar-refractivity contribution >= 4 is 17.6 Å². The summed E-state index contributed by atoms with van der Waals surface area (Å²) >= 11 is 0. The molecule has 0 aliphatic heterocycles. The zero-order chi connectivity index (χ0) is 21.0. The molecule has 0 saturated carbocycles. The molecule has 0 aliphatic carbocycles. The number of halogens is 1. The molecule has 0 fully saturated rings. The van der Waals surface area contributed by atoms with E-state index in [1.807, 2.05) is 6.92 Å². The second-order valence-corrected chi connectivity index (χ2v) is 6.35. The molecule has 0 radical (unpaired) electrons. The highest BCUT2D eigenvalue weighted by molar-refractivity contribution is 6.06. The fourth-order valence-electron chi connectivity index (χ4n) is 3.04. The zero-order valence-electron chi connectivity index (χ0n) is 16.6. The Kier molecular flexibility index (Phi) is 6.07. The Morgan fingerprint density at radius 2 is 1.72 bits per heavy atom. The van der Waals surface area contributed by atoms with E-state index in [4.69, 9.17) is 4.74 Å². The number of hydrogen-bond donors (Lipinski definition) is 0. The minimum absolute atomic E-state index is 0.185. The van der Waals surface area contributed by atoms with Crippen LogP contribution in [0.5, 0.6) is 0 Å². The molecular formula is C22H22FN3O3. The van der Waals surface area contributed by atoms with E-state index in [9.17, 15) is 14.0 Å². The van der Waals surface area contributed by atoms with Crippen molar-refractivity contribution < 1.29 is 18.7 Å². The van der Waals surface area contributed by atoms with Crippen LogP contribution < -0.4 is 4.90 Å². The first-order valence-electron chi connectivity index (χ1n) is 9.35. The molecule has 0 N–H and O–H groups in total. The van der Waals surface area contributed by atoms with E-state index in [1.165, 1.54) is 18.3 Å². The van der Waals surface area contributed by atoms with Crippen molar-refractivity contribution in [3.05, 3.63) is 77.4 Å². The predicted molar refractivity (Wildman–Crippen MR) is 108 cm³/mol. The van der Waals surface area contributed by atoms with Gasteiger partial charge in [-0.05, 0) is 69.3 Å². The van der Waals surface area contributed by atoms with Crippen molar-refractivity contribution in [1.29, 1.82) is 0 Å². The van der Waals surface area contributed by atoms with Crippen molar-refractivity contribution in [2.24, 2.45) is 0 Å². The average molecular weight is 395 g/mol.